The second kappa shape index (κ2) is 6.02. The number of aryl methyl sites for hydroxylation is 1. The van der Waals surface area contributed by atoms with Crippen LogP contribution < -0.4 is 5.56 Å². The first kappa shape index (κ1) is 13.8. The number of hydrogen-bond acceptors (Lipinski definition) is 3. The molecule has 0 saturated heterocycles. The van der Waals surface area contributed by atoms with Gasteiger partial charge in [-0.05, 0) is 31.5 Å². The van der Waals surface area contributed by atoms with E-state index in [2.05, 4.69) is 9.97 Å². The topological polar surface area (TPSA) is 45.8 Å². The van der Waals surface area contributed by atoms with Gasteiger partial charge in [0.25, 0.3) is 5.56 Å². The lowest BCUT2D eigenvalue weighted by Gasteiger charge is -2.06. The highest BCUT2D eigenvalue weighted by molar-refractivity contribution is 7.98. The Morgan fingerprint density at radius 1 is 1.42 bits per heavy atom. The Bertz CT molecular complexity index is 640. The molecule has 1 N–H and O–H groups in total. The Kier molecular flexibility index (Phi) is 4.37. The summed E-state index contributed by atoms with van der Waals surface area (Å²) < 4.78 is 13.0. The van der Waals surface area contributed by atoms with Gasteiger partial charge in [-0.25, -0.2) is 9.37 Å². The number of nitrogens with one attached hydrogen (secondary N) is 1. The summed E-state index contributed by atoms with van der Waals surface area (Å²) in [6.07, 6.45) is 0.730. The molecular formula is C14H15FN2OS. The van der Waals surface area contributed by atoms with E-state index in [4.69, 9.17) is 0 Å². The third-order valence-electron chi connectivity index (χ3n) is 2.81. The van der Waals surface area contributed by atoms with E-state index < -0.39 is 0 Å². The summed E-state index contributed by atoms with van der Waals surface area (Å²) in [5.74, 6) is 0.887. The average molecular weight is 278 g/mol. The van der Waals surface area contributed by atoms with E-state index in [1.807, 2.05) is 13.0 Å². The van der Waals surface area contributed by atoms with Crippen molar-refractivity contribution in [2.75, 3.05) is 0 Å². The van der Waals surface area contributed by atoms with Crippen molar-refractivity contribution in [3.63, 3.8) is 0 Å². The van der Waals surface area contributed by atoms with Gasteiger partial charge in [-0.15, -0.1) is 11.8 Å². The Morgan fingerprint density at radius 3 is 2.89 bits per heavy atom. The van der Waals surface area contributed by atoms with Crippen LogP contribution in [0.4, 0.5) is 4.39 Å². The van der Waals surface area contributed by atoms with E-state index in [9.17, 15) is 9.18 Å². The number of rotatable bonds is 4. The summed E-state index contributed by atoms with van der Waals surface area (Å²) in [6, 6.07) is 6.38. The van der Waals surface area contributed by atoms with Crippen LogP contribution in [0.3, 0.4) is 0 Å². The molecule has 2 aromatic rings. The van der Waals surface area contributed by atoms with Gasteiger partial charge in [0.15, 0.2) is 0 Å². The maximum absolute atomic E-state index is 13.0. The van der Waals surface area contributed by atoms with E-state index in [-0.39, 0.29) is 11.4 Å². The second-order valence-corrected chi connectivity index (χ2v) is 5.23. The van der Waals surface area contributed by atoms with Crippen molar-refractivity contribution in [2.45, 2.75) is 30.9 Å². The third kappa shape index (κ3) is 3.44. The van der Waals surface area contributed by atoms with Gasteiger partial charge in [0.2, 0.25) is 0 Å². The first-order chi connectivity index (χ1) is 9.10. The summed E-state index contributed by atoms with van der Waals surface area (Å²) in [7, 11) is 0. The van der Waals surface area contributed by atoms with Crippen LogP contribution in [0.5, 0.6) is 0 Å². The van der Waals surface area contributed by atoms with Crippen molar-refractivity contribution in [2.24, 2.45) is 0 Å². The number of aromatic amines is 1. The van der Waals surface area contributed by atoms with Crippen molar-refractivity contribution in [3.05, 3.63) is 57.5 Å². The van der Waals surface area contributed by atoms with Crippen molar-refractivity contribution in [1.29, 1.82) is 0 Å². The van der Waals surface area contributed by atoms with Crippen LogP contribution in [0.2, 0.25) is 0 Å². The fraction of sp³-hybridized carbons (Fsp3) is 0.286. The molecule has 0 aliphatic carbocycles. The molecule has 19 heavy (non-hydrogen) atoms. The summed E-state index contributed by atoms with van der Waals surface area (Å²) in [6.45, 7) is 3.74. The van der Waals surface area contributed by atoms with Gasteiger partial charge in [0.05, 0.1) is 11.4 Å². The standard InChI is InChI=1S/C14H15FN2OS/c1-3-12-9(2)14(18)17-13(16-12)8-19-11-6-4-5-10(15)7-11/h4-7H,3,8H2,1-2H3,(H,16,17,18). The van der Waals surface area contributed by atoms with Crippen LogP contribution in [0, 0.1) is 12.7 Å². The molecule has 1 aromatic heterocycles. The van der Waals surface area contributed by atoms with Gasteiger partial charge in [0, 0.05) is 10.5 Å². The third-order valence-corrected chi connectivity index (χ3v) is 3.81. The van der Waals surface area contributed by atoms with Gasteiger partial charge >= 0.3 is 0 Å². The van der Waals surface area contributed by atoms with Crippen molar-refractivity contribution < 1.29 is 4.39 Å². The van der Waals surface area contributed by atoms with Crippen LogP contribution in [-0.4, -0.2) is 9.97 Å². The summed E-state index contributed by atoms with van der Waals surface area (Å²) in [4.78, 5) is 19.7. The van der Waals surface area contributed by atoms with Crippen molar-refractivity contribution in [1.82, 2.24) is 9.97 Å². The molecule has 0 aliphatic heterocycles. The molecule has 1 aromatic carbocycles. The predicted octanol–water partition coefficient (Wildman–Crippen LogP) is 3.07. The van der Waals surface area contributed by atoms with Gasteiger partial charge in [-0.1, -0.05) is 13.0 Å². The van der Waals surface area contributed by atoms with Gasteiger partial charge in [-0.2, -0.15) is 0 Å². The van der Waals surface area contributed by atoms with Crippen LogP contribution in [0.1, 0.15) is 24.0 Å². The zero-order chi connectivity index (χ0) is 13.8. The highest BCUT2D eigenvalue weighted by Gasteiger charge is 2.06. The van der Waals surface area contributed by atoms with Crippen LogP contribution >= 0.6 is 11.8 Å². The van der Waals surface area contributed by atoms with E-state index in [0.29, 0.717) is 17.1 Å². The van der Waals surface area contributed by atoms with Crippen LogP contribution in [0.15, 0.2) is 34.0 Å². The molecule has 3 nitrogen and oxygen atoms in total. The zero-order valence-electron chi connectivity index (χ0n) is 10.9. The number of benzene rings is 1. The van der Waals surface area contributed by atoms with Gasteiger partial charge in [-0.3, -0.25) is 4.79 Å². The molecule has 5 heteroatoms. The minimum absolute atomic E-state index is 0.0957. The molecule has 1 heterocycles. The van der Waals surface area contributed by atoms with Crippen molar-refractivity contribution >= 4 is 11.8 Å². The Labute approximate surface area is 115 Å². The van der Waals surface area contributed by atoms with E-state index in [1.54, 1.807) is 13.0 Å². The largest absolute Gasteiger partial charge is 0.310 e. The maximum Gasteiger partial charge on any atom is 0.254 e. The number of thioether (sulfide) groups is 1. The Hall–Kier alpha value is -1.62. The van der Waals surface area contributed by atoms with E-state index in [1.165, 1.54) is 23.9 Å². The maximum atomic E-state index is 13.0. The van der Waals surface area contributed by atoms with Crippen molar-refractivity contribution in [3.8, 4) is 0 Å². The number of H-pyrrole nitrogens is 1. The molecule has 0 bridgehead atoms. The summed E-state index contributed by atoms with van der Waals surface area (Å²) in [5.41, 5.74) is 1.39. The number of aromatic nitrogens is 2. The zero-order valence-corrected chi connectivity index (χ0v) is 11.7. The lowest BCUT2D eigenvalue weighted by molar-refractivity contribution is 0.624. The fourth-order valence-corrected chi connectivity index (χ4v) is 2.56. The fourth-order valence-electron chi connectivity index (χ4n) is 1.75. The molecule has 0 fully saturated rings. The molecule has 2 rings (SSSR count). The molecule has 0 aliphatic rings. The average Bonchev–Trinajstić information content (AvgIpc) is 2.40. The predicted molar refractivity (Wildman–Crippen MR) is 74.9 cm³/mol. The van der Waals surface area contributed by atoms with Crippen LogP contribution in [-0.2, 0) is 12.2 Å². The Morgan fingerprint density at radius 2 is 2.21 bits per heavy atom. The minimum Gasteiger partial charge on any atom is -0.310 e. The van der Waals surface area contributed by atoms with Gasteiger partial charge < -0.3 is 4.98 Å². The normalized spacial score (nSPS) is 10.7. The number of hydrogen-bond donors (Lipinski definition) is 1. The molecule has 0 saturated carbocycles. The Balaban J connectivity index is 2.16. The lowest BCUT2D eigenvalue weighted by atomic mass is 10.2. The molecule has 0 unspecified atom stereocenters. The minimum atomic E-state index is -0.260. The van der Waals surface area contributed by atoms with Gasteiger partial charge in [0.1, 0.15) is 11.6 Å². The molecule has 0 amide bonds. The van der Waals surface area contributed by atoms with E-state index in [0.717, 1.165) is 17.0 Å². The SMILES string of the molecule is CCc1nc(CSc2cccc(F)c2)[nH]c(=O)c1C. The molecule has 100 valence electrons. The van der Waals surface area contributed by atoms with E-state index >= 15 is 0 Å². The molecule has 0 spiro atoms. The second-order valence-electron chi connectivity index (χ2n) is 4.18. The number of nitrogens with zero attached hydrogens (tertiary/aromatic N) is 1. The lowest BCUT2D eigenvalue weighted by Crippen LogP contribution is -2.17. The smallest absolute Gasteiger partial charge is 0.254 e. The highest BCUT2D eigenvalue weighted by Crippen LogP contribution is 2.21. The monoisotopic (exact) mass is 278 g/mol. The summed E-state index contributed by atoms with van der Waals surface area (Å²) >= 11 is 1.45. The number of halogens is 1. The van der Waals surface area contributed by atoms with Crippen LogP contribution in [0.25, 0.3) is 0 Å². The summed E-state index contributed by atoms with van der Waals surface area (Å²) in [5, 5.41) is 0. The molecule has 0 radical (unpaired) electrons. The molecular weight excluding hydrogens is 263 g/mol. The molecule has 0 atom stereocenters. The first-order valence-corrected chi connectivity index (χ1v) is 7.05. The first-order valence-electron chi connectivity index (χ1n) is 6.07. The quantitative estimate of drug-likeness (QED) is 0.874. The highest BCUT2D eigenvalue weighted by atomic mass is 32.2.